The SMILES string of the molecule is CN(C)C1CCN(c2ccc(Nc3ncc(F)c(-c4cc(F)c5c(c4)N(C4CCc6ccccc6C4)CCO5)n3)cc2F)CC1. The molecule has 10 heteroatoms. The first kappa shape index (κ1) is 29.4. The van der Waals surface area contributed by atoms with Gasteiger partial charge in [0.05, 0.1) is 24.1 Å². The maximum atomic E-state index is 15.5. The van der Waals surface area contributed by atoms with E-state index >= 15 is 13.2 Å². The molecular weight excluding hydrogens is 577 g/mol. The van der Waals surface area contributed by atoms with Crippen molar-refractivity contribution in [2.24, 2.45) is 0 Å². The van der Waals surface area contributed by atoms with Crippen LogP contribution in [-0.4, -0.2) is 67.3 Å². The number of nitrogens with one attached hydrogen (secondary N) is 1. The van der Waals surface area contributed by atoms with Gasteiger partial charge in [-0.1, -0.05) is 24.3 Å². The van der Waals surface area contributed by atoms with Gasteiger partial charge in [-0.15, -0.1) is 0 Å². The number of anilines is 4. The van der Waals surface area contributed by atoms with Crippen LogP contribution in [0.3, 0.4) is 0 Å². The van der Waals surface area contributed by atoms with Gasteiger partial charge in [0.25, 0.3) is 0 Å². The van der Waals surface area contributed by atoms with Crippen molar-refractivity contribution in [3.63, 3.8) is 0 Å². The smallest absolute Gasteiger partial charge is 0.227 e. The number of aromatic nitrogens is 2. The zero-order valence-electron chi connectivity index (χ0n) is 25.6. The molecule has 1 saturated heterocycles. The van der Waals surface area contributed by atoms with Crippen LogP contribution in [0.25, 0.3) is 11.3 Å². The number of halogens is 3. The van der Waals surface area contributed by atoms with Crippen LogP contribution in [0.15, 0.2) is 60.8 Å². The molecule has 1 N–H and O–H groups in total. The molecule has 7 rings (SSSR count). The van der Waals surface area contributed by atoms with Crippen LogP contribution in [0.1, 0.15) is 30.4 Å². The van der Waals surface area contributed by atoms with Gasteiger partial charge < -0.3 is 24.8 Å². The largest absolute Gasteiger partial charge is 0.486 e. The number of fused-ring (bicyclic) bond motifs is 2. The summed E-state index contributed by atoms with van der Waals surface area (Å²) in [4.78, 5) is 15.0. The highest BCUT2D eigenvalue weighted by Gasteiger charge is 2.31. The first-order chi connectivity index (χ1) is 21.8. The summed E-state index contributed by atoms with van der Waals surface area (Å²) in [7, 11) is 4.15. The minimum absolute atomic E-state index is 0.0467. The van der Waals surface area contributed by atoms with Crippen molar-refractivity contribution in [1.29, 1.82) is 0 Å². The summed E-state index contributed by atoms with van der Waals surface area (Å²) in [5.74, 6) is -1.34. The van der Waals surface area contributed by atoms with E-state index in [9.17, 15) is 0 Å². The Morgan fingerprint density at radius 2 is 1.67 bits per heavy atom. The topological polar surface area (TPSA) is 56.8 Å². The van der Waals surface area contributed by atoms with Gasteiger partial charge in [0.2, 0.25) is 5.95 Å². The number of benzene rings is 3. The van der Waals surface area contributed by atoms with E-state index < -0.39 is 11.6 Å². The van der Waals surface area contributed by atoms with Gasteiger partial charge in [-0.05, 0) is 87.7 Å². The molecule has 0 amide bonds. The third-order valence-corrected chi connectivity index (χ3v) is 9.43. The lowest BCUT2D eigenvalue weighted by molar-refractivity contribution is 0.249. The number of hydrogen-bond donors (Lipinski definition) is 1. The molecule has 3 aromatic carbocycles. The standard InChI is InChI=1S/C35H37F3N6O/c1-42(2)26-11-13-43(14-12-26)31-10-8-25(20-28(31)36)40-35-39-21-30(38)33(41-35)24-18-29(37)34-32(19-24)44(15-16-45-34)27-9-7-22-5-3-4-6-23(22)17-27/h3-6,8,10,18-21,26-27H,7,9,11-17H2,1-2H3,(H,39,40,41). The van der Waals surface area contributed by atoms with E-state index in [1.54, 1.807) is 18.2 Å². The van der Waals surface area contributed by atoms with Crippen LogP contribution in [0.4, 0.5) is 36.2 Å². The molecule has 45 heavy (non-hydrogen) atoms. The van der Waals surface area contributed by atoms with Crippen LogP contribution < -0.4 is 19.9 Å². The molecule has 4 aromatic rings. The quantitative estimate of drug-likeness (QED) is 0.263. The highest BCUT2D eigenvalue weighted by Crippen LogP contribution is 2.41. The number of nitrogens with zero attached hydrogens (tertiary/aromatic N) is 5. The molecule has 2 aliphatic heterocycles. The van der Waals surface area contributed by atoms with E-state index in [0.29, 0.717) is 36.3 Å². The Kier molecular flexibility index (Phi) is 7.99. The third kappa shape index (κ3) is 5.91. The highest BCUT2D eigenvalue weighted by molar-refractivity contribution is 5.73. The fraction of sp³-hybridized carbons (Fsp3) is 0.371. The molecule has 3 aliphatic rings. The summed E-state index contributed by atoms with van der Waals surface area (Å²) < 4.78 is 51.7. The Morgan fingerprint density at radius 1 is 0.867 bits per heavy atom. The van der Waals surface area contributed by atoms with Crippen molar-refractivity contribution >= 4 is 23.0 Å². The Morgan fingerprint density at radius 3 is 2.44 bits per heavy atom. The van der Waals surface area contributed by atoms with Crippen molar-refractivity contribution in [3.8, 4) is 17.0 Å². The Labute approximate surface area is 261 Å². The molecule has 1 aromatic heterocycles. The zero-order valence-corrected chi connectivity index (χ0v) is 25.6. The third-order valence-electron chi connectivity index (χ3n) is 9.43. The van der Waals surface area contributed by atoms with E-state index in [-0.39, 0.29) is 34.8 Å². The summed E-state index contributed by atoms with van der Waals surface area (Å²) >= 11 is 0. The summed E-state index contributed by atoms with van der Waals surface area (Å²) in [6, 6.07) is 17.0. The van der Waals surface area contributed by atoms with Crippen molar-refractivity contribution < 1.29 is 17.9 Å². The van der Waals surface area contributed by atoms with Gasteiger partial charge in [0, 0.05) is 36.4 Å². The van der Waals surface area contributed by atoms with Crippen molar-refractivity contribution in [3.05, 3.63) is 89.4 Å². The van der Waals surface area contributed by atoms with Crippen LogP contribution in [0.2, 0.25) is 0 Å². The average molecular weight is 615 g/mol. The molecule has 1 fully saturated rings. The van der Waals surface area contributed by atoms with Gasteiger partial charge in [-0.2, -0.15) is 0 Å². The predicted molar refractivity (Wildman–Crippen MR) is 171 cm³/mol. The maximum absolute atomic E-state index is 15.5. The van der Waals surface area contributed by atoms with E-state index in [4.69, 9.17) is 4.74 Å². The summed E-state index contributed by atoms with van der Waals surface area (Å²) in [6.45, 7) is 2.55. The Bertz CT molecular complexity index is 1710. The van der Waals surface area contributed by atoms with Gasteiger partial charge in [-0.25, -0.2) is 23.1 Å². The van der Waals surface area contributed by atoms with Crippen molar-refractivity contribution in [2.45, 2.75) is 44.2 Å². The molecule has 0 saturated carbocycles. The van der Waals surface area contributed by atoms with Gasteiger partial charge >= 0.3 is 0 Å². The molecule has 1 atom stereocenters. The average Bonchev–Trinajstić information content (AvgIpc) is 3.05. The minimum atomic E-state index is -0.683. The molecule has 3 heterocycles. The Balaban J connectivity index is 1.12. The molecule has 0 bridgehead atoms. The fourth-order valence-corrected chi connectivity index (χ4v) is 6.99. The van der Waals surface area contributed by atoms with Gasteiger partial charge in [0.15, 0.2) is 17.4 Å². The highest BCUT2D eigenvalue weighted by atomic mass is 19.1. The number of piperidine rings is 1. The van der Waals surface area contributed by atoms with E-state index in [1.165, 1.54) is 23.3 Å². The van der Waals surface area contributed by atoms with E-state index in [2.05, 4.69) is 62.3 Å². The van der Waals surface area contributed by atoms with Crippen LogP contribution in [0.5, 0.6) is 5.75 Å². The normalized spacial score (nSPS) is 18.4. The van der Waals surface area contributed by atoms with Crippen LogP contribution >= 0.6 is 0 Å². The first-order valence-electron chi connectivity index (χ1n) is 15.6. The van der Waals surface area contributed by atoms with Crippen molar-refractivity contribution in [1.82, 2.24) is 14.9 Å². The number of hydrogen-bond acceptors (Lipinski definition) is 7. The van der Waals surface area contributed by atoms with E-state index in [0.717, 1.165) is 51.4 Å². The summed E-state index contributed by atoms with van der Waals surface area (Å²) in [5, 5.41) is 3.00. The first-order valence-corrected chi connectivity index (χ1v) is 15.6. The van der Waals surface area contributed by atoms with E-state index in [1.807, 2.05) is 6.07 Å². The molecule has 1 aliphatic carbocycles. The van der Waals surface area contributed by atoms with Gasteiger partial charge in [-0.3, -0.25) is 0 Å². The summed E-state index contributed by atoms with van der Waals surface area (Å²) in [5.41, 5.74) is 4.47. The van der Waals surface area contributed by atoms with Crippen LogP contribution in [-0.2, 0) is 12.8 Å². The lowest BCUT2D eigenvalue weighted by Gasteiger charge is -2.40. The number of ether oxygens (including phenoxy) is 1. The monoisotopic (exact) mass is 614 g/mol. The molecular formula is C35H37F3N6O. The number of aryl methyl sites for hydroxylation is 1. The van der Waals surface area contributed by atoms with Crippen LogP contribution in [0, 0.1) is 17.5 Å². The molecule has 7 nitrogen and oxygen atoms in total. The van der Waals surface area contributed by atoms with Gasteiger partial charge in [0.1, 0.15) is 18.1 Å². The Hall–Kier alpha value is -4.31. The maximum Gasteiger partial charge on any atom is 0.227 e. The predicted octanol–water partition coefficient (Wildman–Crippen LogP) is 6.59. The zero-order chi connectivity index (χ0) is 31.1. The second kappa shape index (κ2) is 12.2. The fourth-order valence-electron chi connectivity index (χ4n) is 6.99. The molecule has 1 unspecified atom stereocenters. The molecule has 234 valence electrons. The lowest BCUT2D eigenvalue weighted by Crippen LogP contribution is -2.44. The summed E-state index contributed by atoms with van der Waals surface area (Å²) in [6.07, 6.45) is 5.72. The van der Waals surface area contributed by atoms with Crippen molar-refractivity contribution in [2.75, 3.05) is 55.5 Å². The molecule has 0 radical (unpaired) electrons. The minimum Gasteiger partial charge on any atom is -0.486 e. The molecule has 0 spiro atoms. The second-order valence-electron chi connectivity index (χ2n) is 12.4. The number of rotatable bonds is 6. The second-order valence-corrected chi connectivity index (χ2v) is 12.4. The lowest BCUT2D eigenvalue weighted by atomic mass is 9.87.